The number of hydrogen-bond acceptors (Lipinski definition) is 2. The molecule has 1 aromatic carbocycles. The molecule has 0 fully saturated rings. The lowest BCUT2D eigenvalue weighted by atomic mass is 10.0. The Bertz CT molecular complexity index is 376. The molecule has 1 unspecified atom stereocenters. The summed E-state index contributed by atoms with van der Waals surface area (Å²) >= 11 is 0. The number of ketones is 1. The predicted molar refractivity (Wildman–Crippen MR) is 63.0 cm³/mol. The molecule has 88 valence electrons. The van der Waals surface area contributed by atoms with E-state index in [2.05, 4.69) is 0 Å². The van der Waals surface area contributed by atoms with Crippen LogP contribution in [0, 0.1) is 12.7 Å². The Kier molecular flexibility index (Phi) is 4.62. The maximum Gasteiger partial charge on any atom is 0.164 e. The largest absolute Gasteiger partial charge is 0.327 e. The van der Waals surface area contributed by atoms with Crippen molar-refractivity contribution in [3.63, 3.8) is 0 Å². The van der Waals surface area contributed by atoms with Crippen LogP contribution in [0.4, 0.5) is 4.39 Å². The van der Waals surface area contributed by atoms with Gasteiger partial charge in [0.25, 0.3) is 0 Å². The minimum atomic E-state index is -0.338. The molecule has 16 heavy (non-hydrogen) atoms. The number of carbonyl (C=O) groups excluding carboxylic acids is 1. The van der Waals surface area contributed by atoms with Gasteiger partial charge in [-0.15, -0.1) is 0 Å². The maximum atomic E-state index is 13.2. The smallest absolute Gasteiger partial charge is 0.164 e. The number of carbonyl (C=O) groups is 1. The van der Waals surface area contributed by atoms with Crippen LogP contribution in [0.2, 0.25) is 0 Å². The summed E-state index contributed by atoms with van der Waals surface area (Å²) in [5.41, 5.74) is 6.74. The topological polar surface area (TPSA) is 43.1 Å². The lowest BCUT2D eigenvalue weighted by Gasteiger charge is -2.09. The van der Waals surface area contributed by atoms with E-state index in [1.165, 1.54) is 6.07 Å². The SMILES string of the molecule is CCCC(N)CC(=O)c1ccc(C)c(F)c1. The first-order valence-corrected chi connectivity index (χ1v) is 5.59. The number of hydrogen-bond donors (Lipinski definition) is 1. The maximum absolute atomic E-state index is 13.2. The summed E-state index contributed by atoms with van der Waals surface area (Å²) in [5, 5.41) is 0. The van der Waals surface area contributed by atoms with Gasteiger partial charge in [-0.2, -0.15) is 0 Å². The van der Waals surface area contributed by atoms with Gasteiger partial charge in [-0.25, -0.2) is 4.39 Å². The number of rotatable bonds is 5. The van der Waals surface area contributed by atoms with Crippen molar-refractivity contribution in [2.24, 2.45) is 5.73 Å². The van der Waals surface area contributed by atoms with Crippen LogP contribution in [-0.2, 0) is 0 Å². The third-order valence-electron chi connectivity index (χ3n) is 2.60. The summed E-state index contributed by atoms with van der Waals surface area (Å²) in [5.74, 6) is -0.422. The highest BCUT2D eigenvalue weighted by Gasteiger charge is 2.12. The average Bonchev–Trinajstić information content (AvgIpc) is 2.22. The van der Waals surface area contributed by atoms with Crippen molar-refractivity contribution >= 4 is 5.78 Å². The van der Waals surface area contributed by atoms with Gasteiger partial charge in [0, 0.05) is 18.0 Å². The van der Waals surface area contributed by atoms with Crippen LogP contribution in [-0.4, -0.2) is 11.8 Å². The Labute approximate surface area is 95.7 Å². The van der Waals surface area contributed by atoms with Gasteiger partial charge >= 0.3 is 0 Å². The molecule has 3 heteroatoms. The Morgan fingerprint density at radius 2 is 2.19 bits per heavy atom. The second-order valence-corrected chi connectivity index (χ2v) is 4.14. The van der Waals surface area contributed by atoms with E-state index >= 15 is 0 Å². The van der Waals surface area contributed by atoms with Gasteiger partial charge < -0.3 is 5.73 Å². The molecule has 0 saturated carbocycles. The van der Waals surface area contributed by atoms with Gasteiger partial charge in [-0.1, -0.05) is 25.5 Å². The molecule has 0 aromatic heterocycles. The predicted octanol–water partition coefficient (Wildman–Crippen LogP) is 2.83. The lowest BCUT2D eigenvalue weighted by Crippen LogP contribution is -2.23. The molecule has 2 N–H and O–H groups in total. The van der Waals surface area contributed by atoms with E-state index in [1.807, 2.05) is 6.92 Å². The van der Waals surface area contributed by atoms with Crippen molar-refractivity contribution in [3.8, 4) is 0 Å². The summed E-state index contributed by atoms with van der Waals surface area (Å²) in [6.45, 7) is 3.70. The fourth-order valence-electron chi connectivity index (χ4n) is 1.60. The zero-order chi connectivity index (χ0) is 12.1. The van der Waals surface area contributed by atoms with E-state index in [1.54, 1.807) is 19.1 Å². The minimum Gasteiger partial charge on any atom is -0.327 e. The number of benzene rings is 1. The monoisotopic (exact) mass is 223 g/mol. The van der Waals surface area contributed by atoms with Gasteiger partial charge in [0.05, 0.1) is 0 Å². The van der Waals surface area contributed by atoms with Crippen LogP contribution in [0.3, 0.4) is 0 Å². The Morgan fingerprint density at radius 3 is 2.75 bits per heavy atom. The second-order valence-electron chi connectivity index (χ2n) is 4.14. The number of aryl methyl sites for hydroxylation is 1. The van der Waals surface area contributed by atoms with E-state index < -0.39 is 0 Å². The van der Waals surface area contributed by atoms with Gasteiger partial charge in [0.2, 0.25) is 0 Å². The number of halogens is 1. The van der Waals surface area contributed by atoms with Crippen molar-refractivity contribution in [1.29, 1.82) is 0 Å². The van der Waals surface area contributed by atoms with E-state index in [4.69, 9.17) is 5.73 Å². The molecule has 0 aliphatic carbocycles. The minimum absolute atomic E-state index is 0.0835. The fraction of sp³-hybridized carbons (Fsp3) is 0.462. The molecule has 1 atom stereocenters. The van der Waals surface area contributed by atoms with Crippen LogP contribution in [0.1, 0.15) is 42.1 Å². The molecule has 0 spiro atoms. The summed E-state index contributed by atoms with van der Waals surface area (Å²) < 4.78 is 13.2. The average molecular weight is 223 g/mol. The van der Waals surface area contributed by atoms with Crippen LogP contribution in [0.25, 0.3) is 0 Å². The first-order valence-electron chi connectivity index (χ1n) is 5.59. The summed E-state index contributed by atoms with van der Waals surface area (Å²) in [6.07, 6.45) is 2.06. The molecule has 0 bridgehead atoms. The fourth-order valence-corrected chi connectivity index (χ4v) is 1.60. The highest BCUT2D eigenvalue weighted by atomic mass is 19.1. The zero-order valence-electron chi connectivity index (χ0n) is 9.79. The summed E-state index contributed by atoms with van der Waals surface area (Å²) in [4.78, 5) is 11.7. The van der Waals surface area contributed by atoms with E-state index in [-0.39, 0.29) is 24.1 Å². The molecule has 0 aliphatic rings. The Balaban J connectivity index is 2.69. The third kappa shape index (κ3) is 3.42. The molecule has 1 rings (SSSR count). The second kappa shape index (κ2) is 5.75. The molecule has 1 aromatic rings. The zero-order valence-corrected chi connectivity index (χ0v) is 9.79. The summed E-state index contributed by atoms with van der Waals surface area (Å²) in [7, 11) is 0. The van der Waals surface area contributed by atoms with Crippen molar-refractivity contribution in [2.75, 3.05) is 0 Å². The van der Waals surface area contributed by atoms with E-state index in [9.17, 15) is 9.18 Å². The molecule has 0 heterocycles. The normalized spacial score (nSPS) is 12.5. The molecule has 2 nitrogen and oxygen atoms in total. The van der Waals surface area contributed by atoms with Gasteiger partial charge in [-0.05, 0) is 25.0 Å². The third-order valence-corrected chi connectivity index (χ3v) is 2.60. The van der Waals surface area contributed by atoms with E-state index in [0.717, 1.165) is 12.8 Å². The van der Waals surface area contributed by atoms with Crippen LogP contribution >= 0.6 is 0 Å². The quantitative estimate of drug-likeness (QED) is 0.780. The standard InChI is InChI=1S/C13H18FNO/c1-3-4-11(15)8-13(16)10-6-5-9(2)12(14)7-10/h5-7,11H,3-4,8,15H2,1-2H3. The van der Waals surface area contributed by atoms with Crippen molar-refractivity contribution in [3.05, 3.63) is 35.1 Å². The van der Waals surface area contributed by atoms with Gasteiger partial charge in [-0.3, -0.25) is 4.79 Å². The van der Waals surface area contributed by atoms with Crippen molar-refractivity contribution in [1.82, 2.24) is 0 Å². The molecule has 0 saturated heterocycles. The number of Topliss-reactive ketones (excluding diaryl/α,β-unsaturated/α-hetero) is 1. The van der Waals surface area contributed by atoms with Crippen LogP contribution in [0.5, 0.6) is 0 Å². The molecule has 0 amide bonds. The highest BCUT2D eigenvalue weighted by molar-refractivity contribution is 5.96. The number of nitrogens with two attached hydrogens (primary N) is 1. The molecule has 0 aliphatic heterocycles. The first-order chi connectivity index (χ1) is 7.54. The van der Waals surface area contributed by atoms with Crippen molar-refractivity contribution < 1.29 is 9.18 Å². The van der Waals surface area contributed by atoms with E-state index in [0.29, 0.717) is 11.1 Å². The Hall–Kier alpha value is -1.22. The molecular formula is C13H18FNO. The lowest BCUT2D eigenvalue weighted by molar-refractivity contribution is 0.0973. The van der Waals surface area contributed by atoms with Crippen molar-refractivity contribution in [2.45, 2.75) is 39.2 Å². The molecular weight excluding hydrogens is 205 g/mol. The highest BCUT2D eigenvalue weighted by Crippen LogP contribution is 2.12. The Morgan fingerprint density at radius 1 is 1.50 bits per heavy atom. The first kappa shape index (κ1) is 12.8. The van der Waals surface area contributed by atoms with Gasteiger partial charge in [0.15, 0.2) is 5.78 Å². The van der Waals surface area contributed by atoms with Crippen LogP contribution < -0.4 is 5.73 Å². The van der Waals surface area contributed by atoms with Crippen LogP contribution in [0.15, 0.2) is 18.2 Å². The van der Waals surface area contributed by atoms with Gasteiger partial charge in [0.1, 0.15) is 5.82 Å². The summed E-state index contributed by atoms with van der Waals surface area (Å²) in [6, 6.07) is 4.44. The molecule has 0 radical (unpaired) electrons.